The van der Waals surface area contributed by atoms with Crippen molar-refractivity contribution in [2.24, 2.45) is 0 Å². The molecule has 2 aromatic rings. The number of pyridine rings is 1. The van der Waals surface area contributed by atoms with Gasteiger partial charge >= 0.3 is 0 Å². The van der Waals surface area contributed by atoms with Crippen LogP contribution in [0.15, 0.2) is 36.7 Å². The van der Waals surface area contributed by atoms with Gasteiger partial charge in [-0.1, -0.05) is 6.92 Å². The molecule has 1 N–H and O–H groups in total. The molecule has 1 aromatic carbocycles. The minimum atomic E-state index is -1.49. The second-order valence-corrected chi connectivity index (χ2v) is 5.98. The van der Waals surface area contributed by atoms with Crippen LogP contribution in [0.1, 0.15) is 35.3 Å². The molecule has 0 unspecified atom stereocenters. The molecule has 1 amide bonds. The number of benzene rings is 1. The van der Waals surface area contributed by atoms with E-state index in [1.54, 1.807) is 18.3 Å². The van der Waals surface area contributed by atoms with Crippen LogP contribution in [0.4, 0.5) is 13.2 Å². The molecule has 0 bridgehead atoms. The van der Waals surface area contributed by atoms with Gasteiger partial charge < -0.3 is 5.32 Å². The fourth-order valence-electron chi connectivity index (χ4n) is 3.30. The molecule has 1 fully saturated rings. The fraction of sp³-hybridized carbons (Fsp3) is 0.333. The first-order chi connectivity index (χ1) is 12.0. The number of nitrogens with one attached hydrogen (secondary N) is 1. The lowest BCUT2D eigenvalue weighted by molar-refractivity contribution is 0.0925. The third-order valence-corrected chi connectivity index (χ3v) is 4.50. The van der Waals surface area contributed by atoms with Crippen LogP contribution in [0, 0.1) is 17.5 Å². The Hall–Kier alpha value is -2.41. The van der Waals surface area contributed by atoms with E-state index in [2.05, 4.69) is 10.3 Å². The zero-order valence-electron chi connectivity index (χ0n) is 13.7. The third kappa shape index (κ3) is 3.51. The van der Waals surface area contributed by atoms with Crippen LogP contribution in [0.25, 0.3) is 0 Å². The van der Waals surface area contributed by atoms with E-state index in [0.29, 0.717) is 30.6 Å². The molecule has 0 aliphatic carbocycles. The number of likely N-dealkylation sites (N-methyl/N-ethyl adjacent to an activating group) is 1. The van der Waals surface area contributed by atoms with Crippen molar-refractivity contribution in [1.82, 2.24) is 15.2 Å². The SMILES string of the molecule is CCN1CC[C@H](NC(=O)c2cccnc2)[C@@H]1c1cc(F)c(F)c(F)c1. The van der Waals surface area contributed by atoms with E-state index in [9.17, 15) is 18.0 Å². The predicted molar refractivity (Wildman–Crippen MR) is 86.4 cm³/mol. The van der Waals surface area contributed by atoms with Crippen LogP contribution in [0.2, 0.25) is 0 Å². The van der Waals surface area contributed by atoms with Crippen molar-refractivity contribution in [1.29, 1.82) is 0 Å². The van der Waals surface area contributed by atoms with E-state index in [-0.39, 0.29) is 11.9 Å². The van der Waals surface area contributed by atoms with E-state index in [1.165, 1.54) is 6.20 Å². The Morgan fingerprint density at radius 3 is 2.64 bits per heavy atom. The monoisotopic (exact) mass is 349 g/mol. The van der Waals surface area contributed by atoms with Gasteiger partial charge in [-0.05, 0) is 42.8 Å². The molecule has 25 heavy (non-hydrogen) atoms. The summed E-state index contributed by atoms with van der Waals surface area (Å²) in [6.07, 6.45) is 3.65. The Bertz CT molecular complexity index is 746. The molecule has 2 atom stereocenters. The topological polar surface area (TPSA) is 45.2 Å². The molecule has 4 nitrogen and oxygen atoms in total. The number of aromatic nitrogens is 1. The summed E-state index contributed by atoms with van der Waals surface area (Å²) in [5.41, 5.74) is 0.722. The standard InChI is InChI=1S/C18H18F3N3O/c1-2-24-7-5-15(23-18(25)11-4-3-6-22-10-11)17(24)12-8-13(19)16(21)14(20)9-12/h3-4,6,8-10,15,17H,2,5,7H2,1H3,(H,23,25)/t15-,17-/m0/s1. The number of rotatable bonds is 4. The molecule has 3 rings (SSSR count). The highest BCUT2D eigenvalue weighted by atomic mass is 19.2. The van der Waals surface area contributed by atoms with Gasteiger partial charge in [0.1, 0.15) is 0 Å². The minimum Gasteiger partial charge on any atom is -0.347 e. The zero-order valence-corrected chi connectivity index (χ0v) is 13.7. The highest BCUT2D eigenvalue weighted by Gasteiger charge is 2.36. The van der Waals surface area contributed by atoms with Crippen LogP contribution in [-0.2, 0) is 0 Å². The van der Waals surface area contributed by atoms with Gasteiger partial charge in [0.05, 0.1) is 17.6 Å². The van der Waals surface area contributed by atoms with Crippen LogP contribution in [0.5, 0.6) is 0 Å². The average Bonchev–Trinajstić information content (AvgIpc) is 3.02. The first-order valence-electron chi connectivity index (χ1n) is 8.10. The zero-order chi connectivity index (χ0) is 18.0. The smallest absolute Gasteiger partial charge is 0.253 e. The Morgan fingerprint density at radius 2 is 2.04 bits per heavy atom. The lowest BCUT2D eigenvalue weighted by atomic mass is 9.99. The number of hydrogen-bond acceptors (Lipinski definition) is 3. The largest absolute Gasteiger partial charge is 0.347 e. The van der Waals surface area contributed by atoms with Crippen molar-refractivity contribution in [3.63, 3.8) is 0 Å². The van der Waals surface area contributed by atoms with Crippen molar-refractivity contribution in [3.8, 4) is 0 Å². The van der Waals surface area contributed by atoms with E-state index >= 15 is 0 Å². The molecule has 1 aromatic heterocycles. The van der Waals surface area contributed by atoms with Crippen LogP contribution >= 0.6 is 0 Å². The number of carbonyl (C=O) groups is 1. The second-order valence-electron chi connectivity index (χ2n) is 5.98. The molecule has 0 saturated carbocycles. The summed E-state index contributed by atoms with van der Waals surface area (Å²) in [6.45, 7) is 3.23. The maximum Gasteiger partial charge on any atom is 0.253 e. The molecule has 132 valence electrons. The number of carbonyl (C=O) groups excluding carboxylic acids is 1. The van der Waals surface area contributed by atoms with Gasteiger partial charge in [-0.2, -0.15) is 0 Å². The van der Waals surface area contributed by atoms with Gasteiger partial charge in [0.2, 0.25) is 0 Å². The highest BCUT2D eigenvalue weighted by molar-refractivity contribution is 5.94. The Kier molecular flexibility index (Phi) is 5.03. The molecule has 1 saturated heterocycles. The second kappa shape index (κ2) is 7.23. The van der Waals surface area contributed by atoms with Gasteiger partial charge in [0.25, 0.3) is 5.91 Å². The number of halogens is 3. The van der Waals surface area contributed by atoms with E-state index in [0.717, 1.165) is 12.1 Å². The minimum absolute atomic E-state index is 0.302. The molecule has 0 spiro atoms. The number of likely N-dealkylation sites (tertiary alicyclic amines) is 1. The van der Waals surface area contributed by atoms with Gasteiger partial charge in [0, 0.05) is 18.9 Å². The van der Waals surface area contributed by atoms with Crippen LogP contribution in [-0.4, -0.2) is 34.9 Å². The summed E-state index contributed by atoms with van der Waals surface area (Å²) in [4.78, 5) is 18.3. The van der Waals surface area contributed by atoms with Crippen LogP contribution < -0.4 is 5.32 Å². The Labute approximate surface area is 143 Å². The number of nitrogens with zero attached hydrogens (tertiary/aromatic N) is 2. The summed E-state index contributed by atoms with van der Waals surface area (Å²) >= 11 is 0. The normalized spacial score (nSPS) is 20.6. The molecule has 1 aliphatic heterocycles. The Morgan fingerprint density at radius 1 is 1.32 bits per heavy atom. The Balaban J connectivity index is 1.87. The first kappa shape index (κ1) is 17.4. The summed E-state index contributed by atoms with van der Waals surface area (Å²) in [6, 6.07) is 4.54. The number of amides is 1. The predicted octanol–water partition coefficient (Wildman–Crippen LogP) is 3.06. The number of hydrogen-bond donors (Lipinski definition) is 1. The van der Waals surface area contributed by atoms with Gasteiger partial charge in [0.15, 0.2) is 17.5 Å². The van der Waals surface area contributed by atoms with Crippen molar-refractivity contribution in [2.45, 2.75) is 25.4 Å². The maximum absolute atomic E-state index is 13.6. The van der Waals surface area contributed by atoms with E-state index in [4.69, 9.17) is 0 Å². The van der Waals surface area contributed by atoms with E-state index in [1.807, 2.05) is 11.8 Å². The van der Waals surface area contributed by atoms with Crippen LogP contribution in [0.3, 0.4) is 0 Å². The van der Waals surface area contributed by atoms with E-state index < -0.39 is 23.5 Å². The van der Waals surface area contributed by atoms with Crippen molar-refractivity contribution in [2.75, 3.05) is 13.1 Å². The molecule has 0 radical (unpaired) electrons. The lowest BCUT2D eigenvalue weighted by Gasteiger charge is -2.28. The summed E-state index contributed by atoms with van der Waals surface area (Å²) in [5, 5.41) is 2.90. The molecular formula is C18H18F3N3O. The molecule has 1 aliphatic rings. The average molecular weight is 349 g/mol. The first-order valence-corrected chi connectivity index (χ1v) is 8.10. The quantitative estimate of drug-likeness (QED) is 0.863. The van der Waals surface area contributed by atoms with Crippen molar-refractivity contribution < 1.29 is 18.0 Å². The lowest BCUT2D eigenvalue weighted by Crippen LogP contribution is -2.39. The molecular weight excluding hydrogens is 331 g/mol. The maximum atomic E-state index is 13.6. The summed E-state index contributed by atoms with van der Waals surface area (Å²) < 4.78 is 40.6. The molecule has 7 heteroatoms. The van der Waals surface area contributed by atoms with Crippen molar-refractivity contribution in [3.05, 3.63) is 65.2 Å². The van der Waals surface area contributed by atoms with Gasteiger partial charge in [-0.25, -0.2) is 13.2 Å². The van der Waals surface area contributed by atoms with Crippen molar-refractivity contribution >= 4 is 5.91 Å². The van der Waals surface area contributed by atoms with Gasteiger partial charge in [-0.15, -0.1) is 0 Å². The molecule has 2 heterocycles. The summed E-state index contributed by atoms with van der Waals surface area (Å²) in [5.74, 6) is -4.24. The highest BCUT2D eigenvalue weighted by Crippen LogP contribution is 2.33. The summed E-state index contributed by atoms with van der Waals surface area (Å²) in [7, 11) is 0. The third-order valence-electron chi connectivity index (χ3n) is 4.50. The van der Waals surface area contributed by atoms with Gasteiger partial charge in [-0.3, -0.25) is 14.7 Å². The fourth-order valence-corrected chi connectivity index (χ4v) is 3.30.